The predicted octanol–water partition coefficient (Wildman–Crippen LogP) is 2.81. The molecule has 28 heavy (non-hydrogen) atoms. The minimum Gasteiger partial charge on any atom is -0.497 e. The zero-order valence-corrected chi connectivity index (χ0v) is 16.0. The molecule has 1 N–H and O–H groups in total. The third-order valence-electron chi connectivity index (χ3n) is 4.70. The van der Waals surface area contributed by atoms with Crippen LogP contribution in [-0.2, 0) is 19.1 Å². The summed E-state index contributed by atoms with van der Waals surface area (Å²) < 4.78 is 10.4. The van der Waals surface area contributed by atoms with Crippen molar-refractivity contribution < 1.29 is 23.9 Å². The smallest absolute Gasteiger partial charge is 0.344 e. The molecule has 2 aliphatic rings. The lowest BCUT2D eigenvalue weighted by Gasteiger charge is -2.28. The lowest BCUT2D eigenvalue weighted by Crippen LogP contribution is -2.48. The van der Waals surface area contributed by atoms with Gasteiger partial charge >= 0.3 is 5.97 Å². The third-order valence-corrected chi connectivity index (χ3v) is 6.16. The first-order chi connectivity index (χ1) is 13.5. The number of carbonyl (C=O) groups excluding carboxylic acids is 3. The number of ether oxygens (including phenoxy) is 2. The van der Waals surface area contributed by atoms with Crippen molar-refractivity contribution >= 4 is 40.9 Å². The first-order valence-electron chi connectivity index (χ1n) is 8.76. The normalized spacial score (nSPS) is 19.8. The first-order valence-corrected chi connectivity index (χ1v) is 9.57. The second kappa shape index (κ2) is 7.20. The number of thioether (sulfide) groups is 1. The van der Waals surface area contributed by atoms with Gasteiger partial charge in [-0.3, -0.25) is 14.5 Å². The van der Waals surface area contributed by atoms with Crippen LogP contribution in [0, 0.1) is 0 Å². The molecule has 7 nitrogen and oxygen atoms in total. The van der Waals surface area contributed by atoms with Crippen molar-refractivity contribution in [1.29, 1.82) is 0 Å². The number of nitrogens with zero attached hydrogens (tertiary/aromatic N) is 1. The molecule has 0 bridgehead atoms. The standard InChI is InChI=1S/C20H18N2O5S/c1-26-14-8-6-13(7-9-14)21-17(23)12-27-19(25)20-11-10-18(24)22(20)15-4-2-3-5-16(15)28-20/h2-9H,10-12H2,1H3,(H,21,23)/t20-/m1/s1. The van der Waals surface area contributed by atoms with Crippen LogP contribution in [-0.4, -0.2) is 36.4 Å². The van der Waals surface area contributed by atoms with Gasteiger partial charge in [-0.05, 0) is 36.4 Å². The Labute approximate surface area is 166 Å². The molecular formula is C20H18N2O5S. The molecule has 0 unspecified atom stereocenters. The summed E-state index contributed by atoms with van der Waals surface area (Å²) in [5.74, 6) is -0.472. The molecule has 2 aromatic rings. The van der Waals surface area contributed by atoms with Crippen LogP contribution in [0.3, 0.4) is 0 Å². The van der Waals surface area contributed by atoms with Gasteiger partial charge in [-0.2, -0.15) is 0 Å². The van der Waals surface area contributed by atoms with E-state index in [2.05, 4.69) is 5.32 Å². The average Bonchev–Trinajstić information content (AvgIpc) is 3.22. The summed E-state index contributed by atoms with van der Waals surface area (Å²) in [7, 11) is 1.56. The highest BCUT2D eigenvalue weighted by atomic mass is 32.2. The fourth-order valence-electron chi connectivity index (χ4n) is 3.39. The monoisotopic (exact) mass is 398 g/mol. The third kappa shape index (κ3) is 3.09. The topological polar surface area (TPSA) is 84.9 Å². The number of methoxy groups -OCH3 is 1. The van der Waals surface area contributed by atoms with Gasteiger partial charge in [0.25, 0.3) is 5.91 Å². The van der Waals surface area contributed by atoms with Crippen molar-refractivity contribution in [2.24, 2.45) is 0 Å². The quantitative estimate of drug-likeness (QED) is 0.780. The molecule has 0 radical (unpaired) electrons. The molecule has 2 heterocycles. The van der Waals surface area contributed by atoms with Crippen LogP contribution < -0.4 is 15.0 Å². The maximum atomic E-state index is 12.9. The molecule has 0 saturated carbocycles. The number of amides is 2. The van der Waals surface area contributed by atoms with E-state index in [0.29, 0.717) is 17.9 Å². The summed E-state index contributed by atoms with van der Waals surface area (Å²) in [6.45, 7) is -0.425. The van der Waals surface area contributed by atoms with E-state index in [1.807, 2.05) is 24.3 Å². The minimum absolute atomic E-state index is 0.114. The van der Waals surface area contributed by atoms with E-state index in [-0.39, 0.29) is 12.3 Å². The van der Waals surface area contributed by atoms with Crippen molar-refractivity contribution in [1.82, 2.24) is 0 Å². The van der Waals surface area contributed by atoms with Gasteiger partial charge in [-0.25, -0.2) is 4.79 Å². The number of para-hydroxylation sites is 1. The van der Waals surface area contributed by atoms with E-state index in [4.69, 9.17) is 9.47 Å². The minimum atomic E-state index is -1.12. The van der Waals surface area contributed by atoms with Crippen LogP contribution in [0.5, 0.6) is 5.75 Å². The van der Waals surface area contributed by atoms with Gasteiger partial charge in [-0.15, -0.1) is 0 Å². The van der Waals surface area contributed by atoms with Crippen molar-refractivity contribution in [2.45, 2.75) is 22.6 Å². The Bertz CT molecular complexity index is 946. The second-order valence-corrected chi connectivity index (χ2v) is 7.76. The molecule has 4 rings (SSSR count). The molecule has 1 fully saturated rings. The number of benzene rings is 2. The van der Waals surface area contributed by atoms with E-state index < -0.39 is 23.4 Å². The van der Waals surface area contributed by atoms with Crippen molar-refractivity contribution in [2.75, 3.05) is 23.9 Å². The SMILES string of the molecule is COc1ccc(NC(=O)COC(=O)[C@]23CCC(=O)N2c2ccccc2S3)cc1. The molecule has 2 aliphatic heterocycles. The molecule has 2 amide bonds. The Morgan fingerprint density at radius 3 is 2.68 bits per heavy atom. The van der Waals surface area contributed by atoms with E-state index >= 15 is 0 Å². The molecule has 1 atom stereocenters. The summed E-state index contributed by atoms with van der Waals surface area (Å²) >= 11 is 1.31. The number of anilines is 2. The summed E-state index contributed by atoms with van der Waals surface area (Å²) in [4.78, 5) is 38.6. The van der Waals surface area contributed by atoms with Crippen LogP contribution in [0.15, 0.2) is 53.4 Å². The average molecular weight is 398 g/mol. The van der Waals surface area contributed by atoms with Crippen LogP contribution in [0.1, 0.15) is 12.8 Å². The highest BCUT2D eigenvalue weighted by Crippen LogP contribution is 2.56. The van der Waals surface area contributed by atoms with Gasteiger partial charge in [0.05, 0.1) is 12.8 Å². The van der Waals surface area contributed by atoms with Crippen molar-refractivity contribution in [3.05, 3.63) is 48.5 Å². The van der Waals surface area contributed by atoms with Gasteiger partial charge in [0, 0.05) is 23.4 Å². The van der Waals surface area contributed by atoms with E-state index in [1.165, 1.54) is 16.7 Å². The maximum Gasteiger partial charge on any atom is 0.344 e. The zero-order chi connectivity index (χ0) is 19.7. The fraction of sp³-hybridized carbons (Fsp3) is 0.250. The van der Waals surface area contributed by atoms with E-state index in [0.717, 1.165) is 10.6 Å². The number of nitrogens with one attached hydrogen (secondary N) is 1. The fourth-order valence-corrected chi connectivity index (χ4v) is 4.80. The van der Waals surface area contributed by atoms with Crippen LogP contribution in [0.4, 0.5) is 11.4 Å². The zero-order valence-electron chi connectivity index (χ0n) is 15.1. The number of carbonyl (C=O) groups is 3. The lowest BCUT2D eigenvalue weighted by atomic mass is 10.2. The Morgan fingerprint density at radius 2 is 1.93 bits per heavy atom. The van der Waals surface area contributed by atoms with Crippen molar-refractivity contribution in [3.63, 3.8) is 0 Å². The lowest BCUT2D eigenvalue weighted by molar-refractivity contribution is -0.149. The van der Waals surface area contributed by atoms with E-state index in [1.54, 1.807) is 31.4 Å². The van der Waals surface area contributed by atoms with Crippen molar-refractivity contribution in [3.8, 4) is 5.75 Å². The number of hydrogen-bond donors (Lipinski definition) is 1. The summed E-state index contributed by atoms with van der Waals surface area (Å²) in [5.41, 5.74) is 1.29. The predicted molar refractivity (Wildman–Crippen MR) is 104 cm³/mol. The van der Waals surface area contributed by atoms with Crippen LogP contribution in [0.25, 0.3) is 0 Å². The Morgan fingerprint density at radius 1 is 1.18 bits per heavy atom. The maximum absolute atomic E-state index is 12.9. The largest absolute Gasteiger partial charge is 0.497 e. The summed E-state index contributed by atoms with van der Waals surface area (Å²) in [5, 5.41) is 2.66. The summed E-state index contributed by atoms with van der Waals surface area (Å²) in [6, 6.07) is 14.2. The number of hydrogen-bond acceptors (Lipinski definition) is 6. The molecule has 0 spiro atoms. The van der Waals surface area contributed by atoms with Gasteiger partial charge in [-0.1, -0.05) is 23.9 Å². The molecule has 0 aliphatic carbocycles. The highest BCUT2D eigenvalue weighted by Gasteiger charge is 2.58. The molecular weight excluding hydrogens is 380 g/mol. The second-order valence-electron chi connectivity index (χ2n) is 6.44. The number of esters is 1. The Balaban J connectivity index is 1.42. The molecule has 144 valence electrons. The van der Waals surface area contributed by atoms with Crippen LogP contribution >= 0.6 is 11.8 Å². The van der Waals surface area contributed by atoms with Gasteiger partial charge < -0.3 is 14.8 Å². The molecule has 0 aromatic heterocycles. The first kappa shape index (κ1) is 18.4. The number of fused-ring (bicyclic) bond motifs is 3. The number of rotatable bonds is 5. The Hall–Kier alpha value is -3.00. The molecule has 2 aromatic carbocycles. The van der Waals surface area contributed by atoms with Gasteiger partial charge in [0.1, 0.15) is 5.75 Å². The molecule has 1 saturated heterocycles. The van der Waals surface area contributed by atoms with E-state index in [9.17, 15) is 14.4 Å². The summed E-state index contributed by atoms with van der Waals surface area (Å²) in [6.07, 6.45) is 0.624. The Kier molecular flexibility index (Phi) is 4.72. The highest BCUT2D eigenvalue weighted by molar-refractivity contribution is 8.02. The molecule has 8 heteroatoms. The van der Waals surface area contributed by atoms with Crippen LogP contribution in [0.2, 0.25) is 0 Å². The van der Waals surface area contributed by atoms with Gasteiger partial charge in [0.2, 0.25) is 5.91 Å². The van der Waals surface area contributed by atoms with Gasteiger partial charge in [0.15, 0.2) is 11.5 Å².